The number of carbonyl (C=O) groups excluding carboxylic acids is 1. The first-order chi connectivity index (χ1) is 6.31. The summed E-state index contributed by atoms with van der Waals surface area (Å²) in [4.78, 5) is 11.4. The molecule has 13 heavy (non-hydrogen) atoms. The Morgan fingerprint density at radius 2 is 2.38 bits per heavy atom. The van der Waals surface area contributed by atoms with E-state index >= 15 is 0 Å². The Hall–Kier alpha value is -1.51. The van der Waals surface area contributed by atoms with Gasteiger partial charge in [0.2, 0.25) is 5.78 Å². The van der Waals surface area contributed by atoms with E-state index in [0.29, 0.717) is 23.7 Å². The molecule has 0 N–H and O–H groups in total. The molecule has 0 aliphatic carbocycles. The van der Waals surface area contributed by atoms with Crippen LogP contribution in [-0.4, -0.2) is 19.0 Å². The summed E-state index contributed by atoms with van der Waals surface area (Å²) in [5.41, 5.74) is 0.614. The summed E-state index contributed by atoms with van der Waals surface area (Å²) >= 11 is 0. The van der Waals surface area contributed by atoms with Crippen molar-refractivity contribution in [1.29, 1.82) is 0 Å². The van der Waals surface area contributed by atoms with E-state index in [2.05, 4.69) is 0 Å². The topological polar surface area (TPSA) is 35.5 Å². The number of hydrogen-bond donors (Lipinski definition) is 0. The fraction of sp³-hybridized carbons (Fsp3) is 0.300. The second kappa shape index (κ2) is 3.09. The van der Waals surface area contributed by atoms with Gasteiger partial charge in [0.05, 0.1) is 12.2 Å². The van der Waals surface area contributed by atoms with E-state index in [9.17, 15) is 4.79 Å². The minimum atomic E-state index is -0.0246. The van der Waals surface area contributed by atoms with Crippen molar-refractivity contribution < 1.29 is 14.3 Å². The van der Waals surface area contributed by atoms with Crippen molar-refractivity contribution >= 4 is 5.78 Å². The van der Waals surface area contributed by atoms with Crippen LogP contribution in [-0.2, 0) is 0 Å². The van der Waals surface area contributed by atoms with Crippen LogP contribution >= 0.6 is 0 Å². The molecule has 0 saturated heterocycles. The van der Waals surface area contributed by atoms with Crippen LogP contribution in [0.15, 0.2) is 18.2 Å². The quantitative estimate of drug-likeness (QED) is 0.690. The van der Waals surface area contributed by atoms with E-state index in [-0.39, 0.29) is 12.4 Å². The minimum absolute atomic E-state index is 0.0246. The van der Waals surface area contributed by atoms with Gasteiger partial charge in [-0.25, -0.2) is 0 Å². The van der Waals surface area contributed by atoms with Crippen molar-refractivity contribution in [1.82, 2.24) is 0 Å². The molecule has 1 aromatic rings. The van der Waals surface area contributed by atoms with Crippen LogP contribution in [0, 0.1) is 0 Å². The SMILES string of the molecule is CCOc1cc2ccc1C(=O)CO2. The normalized spacial score (nSPS) is 13.8. The predicted octanol–water partition coefficient (Wildman–Crippen LogP) is 1.66. The highest BCUT2D eigenvalue weighted by Crippen LogP contribution is 2.28. The van der Waals surface area contributed by atoms with Gasteiger partial charge in [-0.1, -0.05) is 0 Å². The van der Waals surface area contributed by atoms with Crippen LogP contribution in [0.2, 0.25) is 0 Å². The number of rotatable bonds is 2. The molecule has 0 radical (unpaired) electrons. The summed E-state index contributed by atoms with van der Waals surface area (Å²) in [5, 5.41) is 0. The zero-order chi connectivity index (χ0) is 9.26. The Bertz CT molecular complexity index is 344. The molecule has 2 aliphatic heterocycles. The van der Waals surface area contributed by atoms with Crippen LogP contribution in [0.5, 0.6) is 11.5 Å². The first-order valence-corrected chi connectivity index (χ1v) is 4.24. The van der Waals surface area contributed by atoms with E-state index in [4.69, 9.17) is 9.47 Å². The third-order valence-corrected chi connectivity index (χ3v) is 1.92. The number of benzene rings is 1. The van der Waals surface area contributed by atoms with E-state index in [1.807, 2.05) is 6.92 Å². The molecular formula is C10H10O3. The molecular weight excluding hydrogens is 168 g/mol. The highest BCUT2D eigenvalue weighted by Gasteiger charge is 2.18. The lowest BCUT2D eigenvalue weighted by molar-refractivity contribution is 0.0925. The van der Waals surface area contributed by atoms with Crippen molar-refractivity contribution in [2.45, 2.75) is 6.92 Å². The molecule has 2 bridgehead atoms. The lowest BCUT2D eigenvalue weighted by atomic mass is 10.1. The maximum Gasteiger partial charge on any atom is 0.203 e. The third kappa shape index (κ3) is 1.37. The van der Waals surface area contributed by atoms with Gasteiger partial charge >= 0.3 is 0 Å². The number of hydrogen-bond acceptors (Lipinski definition) is 3. The Balaban J connectivity index is 2.46. The van der Waals surface area contributed by atoms with Crippen LogP contribution in [0.1, 0.15) is 17.3 Å². The molecule has 3 nitrogen and oxygen atoms in total. The van der Waals surface area contributed by atoms with Crippen molar-refractivity contribution in [2.75, 3.05) is 13.2 Å². The van der Waals surface area contributed by atoms with Gasteiger partial charge in [-0.2, -0.15) is 0 Å². The van der Waals surface area contributed by atoms with Crippen LogP contribution in [0.25, 0.3) is 0 Å². The molecule has 3 heteroatoms. The molecule has 0 fully saturated rings. The Morgan fingerprint density at radius 3 is 3.15 bits per heavy atom. The molecule has 0 saturated carbocycles. The number of fused-ring (bicyclic) bond motifs is 4. The second-order valence-electron chi connectivity index (χ2n) is 2.80. The Morgan fingerprint density at radius 1 is 1.54 bits per heavy atom. The second-order valence-corrected chi connectivity index (χ2v) is 2.80. The van der Waals surface area contributed by atoms with Crippen LogP contribution in [0.3, 0.4) is 0 Å². The molecule has 0 aromatic heterocycles. The first kappa shape index (κ1) is 8.10. The van der Waals surface area contributed by atoms with Crippen LogP contribution < -0.4 is 9.47 Å². The Labute approximate surface area is 76.3 Å². The van der Waals surface area contributed by atoms with Gasteiger partial charge in [-0.05, 0) is 19.1 Å². The van der Waals surface area contributed by atoms with Gasteiger partial charge in [0, 0.05) is 6.07 Å². The van der Waals surface area contributed by atoms with Crippen molar-refractivity contribution in [3.8, 4) is 11.5 Å². The summed E-state index contributed by atoms with van der Waals surface area (Å²) in [6.07, 6.45) is 0. The predicted molar refractivity (Wildman–Crippen MR) is 47.4 cm³/mol. The van der Waals surface area contributed by atoms with E-state index < -0.39 is 0 Å². The van der Waals surface area contributed by atoms with Crippen LogP contribution in [0.4, 0.5) is 0 Å². The molecule has 1 aromatic carbocycles. The van der Waals surface area contributed by atoms with Crippen molar-refractivity contribution in [2.24, 2.45) is 0 Å². The first-order valence-electron chi connectivity index (χ1n) is 4.24. The molecule has 2 aliphatic rings. The third-order valence-electron chi connectivity index (χ3n) is 1.92. The van der Waals surface area contributed by atoms with Gasteiger partial charge in [-0.3, -0.25) is 4.79 Å². The zero-order valence-electron chi connectivity index (χ0n) is 7.37. The number of carbonyl (C=O) groups is 1. The number of ketones is 1. The summed E-state index contributed by atoms with van der Waals surface area (Å²) in [6.45, 7) is 2.56. The van der Waals surface area contributed by atoms with E-state index in [0.717, 1.165) is 0 Å². The summed E-state index contributed by atoms with van der Waals surface area (Å²) in [7, 11) is 0. The number of ether oxygens (including phenoxy) is 2. The zero-order valence-corrected chi connectivity index (χ0v) is 7.37. The molecule has 0 spiro atoms. The minimum Gasteiger partial charge on any atom is -0.493 e. The van der Waals surface area contributed by atoms with Gasteiger partial charge in [0.25, 0.3) is 0 Å². The average Bonchev–Trinajstić information content (AvgIpc) is 2.38. The van der Waals surface area contributed by atoms with Gasteiger partial charge in [0.1, 0.15) is 11.5 Å². The van der Waals surface area contributed by atoms with Gasteiger partial charge in [0.15, 0.2) is 6.61 Å². The standard InChI is InChI=1S/C10H10O3/c1-2-12-10-5-7-3-4-8(10)9(11)6-13-7/h3-5H,2,6H2,1H3. The summed E-state index contributed by atoms with van der Waals surface area (Å²) in [5.74, 6) is 1.30. The number of Topliss-reactive ketones (excluding diaryl/α,β-unsaturated/α-hetero) is 1. The fourth-order valence-corrected chi connectivity index (χ4v) is 1.32. The maximum absolute atomic E-state index is 11.4. The molecule has 68 valence electrons. The van der Waals surface area contributed by atoms with Gasteiger partial charge < -0.3 is 9.47 Å². The molecule has 0 atom stereocenters. The highest BCUT2D eigenvalue weighted by molar-refractivity contribution is 6.00. The molecule has 0 unspecified atom stereocenters. The average molecular weight is 178 g/mol. The highest BCUT2D eigenvalue weighted by atomic mass is 16.5. The summed E-state index contributed by atoms with van der Waals surface area (Å²) < 4.78 is 10.5. The molecule has 3 rings (SSSR count). The smallest absolute Gasteiger partial charge is 0.203 e. The van der Waals surface area contributed by atoms with E-state index in [1.165, 1.54) is 0 Å². The monoisotopic (exact) mass is 178 g/mol. The maximum atomic E-state index is 11.4. The molecule has 2 heterocycles. The van der Waals surface area contributed by atoms with Crippen molar-refractivity contribution in [3.63, 3.8) is 0 Å². The van der Waals surface area contributed by atoms with Gasteiger partial charge in [-0.15, -0.1) is 0 Å². The molecule has 0 amide bonds. The van der Waals surface area contributed by atoms with E-state index in [1.54, 1.807) is 18.2 Å². The lowest BCUT2D eigenvalue weighted by Gasteiger charge is -2.04. The fourth-order valence-electron chi connectivity index (χ4n) is 1.32. The largest absolute Gasteiger partial charge is 0.493 e. The Kier molecular flexibility index (Phi) is 1.93. The lowest BCUT2D eigenvalue weighted by Crippen LogP contribution is -2.08. The van der Waals surface area contributed by atoms with Crippen molar-refractivity contribution in [3.05, 3.63) is 23.8 Å². The summed E-state index contributed by atoms with van der Waals surface area (Å²) in [6, 6.07) is 5.28.